The molecule has 2 heterocycles. The largest absolute Gasteiger partial charge is 0.501 e. The number of likely N-dealkylation sites (N-methyl/N-ethyl adjacent to an activating group) is 3. The van der Waals surface area contributed by atoms with Gasteiger partial charge in [0.1, 0.15) is 17.7 Å². The van der Waals surface area contributed by atoms with Gasteiger partial charge in [0.25, 0.3) is 5.56 Å². The Morgan fingerprint density at radius 2 is 1.86 bits per heavy atom. The minimum atomic E-state index is -0.802. The average Bonchev–Trinajstić information content (AvgIpc) is 3.04. The summed E-state index contributed by atoms with van der Waals surface area (Å²) in [6.07, 6.45) is 0.205. The van der Waals surface area contributed by atoms with E-state index in [2.05, 4.69) is 4.98 Å². The lowest BCUT2D eigenvalue weighted by molar-refractivity contribution is -0.151. The number of benzene rings is 1. The molecule has 194 valence electrons. The van der Waals surface area contributed by atoms with Crippen LogP contribution in [0.15, 0.2) is 23.0 Å². The number of carbonyl (C=O) groups excluding carboxylic acids is 3. The Kier molecular flexibility index (Phi) is 8.24. The van der Waals surface area contributed by atoms with Crippen molar-refractivity contribution in [1.82, 2.24) is 24.3 Å². The van der Waals surface area contributed by atoms with Crippen LogP contribution in [0, 0.1) is 12.7 Å². The van der Waals surface area contributed by atoms with Crippen LogP contribution in [0.4, 0.5) is 4.39 Å². The van der Waals surface area contributed by atoms with Crippen molar-refractivity contribution >= 4 is 17.6 Å². The third-order valence-electron chi connectivity index (χ3n) is 6.50. The van der Waals surface area contributed by atoms with Crippen molar-refractivity contribution in [2.45, 2.75) is 39.3 Å². The Balaban J connectivity index is 2.00. The van der Waals surface area contributed by atoms with Gasteiger partial charge >= 0.3 is 11.8 Å². The number of fused-ring (bicyclic) bond motifs is 1. The van der Waals surface area contributed by atoms with Crippen molar-refractivity contribution in [1.29, 1.82) is 0 Å². The summed E-state index contributed by atoms with van der Waals surface area (Å²) in [7, 11) is 4.39. The molecule has 3 rings (SSSR count). The summed E-state index contributed by atoms with van der Waals surface area (Å²) >= 11 is 0. The number of hydrogen-bond acceptors (Lipinski definition) is 7. The molecule has 2 amide bonds. The van der Waals surface area contributed by atoms with Crippen LogP contribution in [0.2, 0.25) is 0 Å². The van der Waals surface area contributed by atoms with Gasteiger partial charge in [0.15, 0.2) is 11.5 Å². The first-order valence-electron chi connectivity index (χ1n) is 11.8. The number of amides is 2. The predicted molar refractivity (Wildman–Crippen MR) is 130 cm³/mol. The zero-order valence-corrected chi connectivity index (χ0v) is 21.2. The molecule has 11 heteroatoms. The number of halogens is 1. The standard InChI is InChI=1S/C25H32FN5O5/c1-6-30-11-12-31-22(18(14-30)29(5)25(36)24(35)28(3)4)27-20(21(33)23(31)34)19(32)10-8-16-7-9-17(26)15(2)13-16/h7,9,13,18,33H,6,8,10-12,14H2,1-5H3. The molecule has 0 fully saturated rings. The predicted octanol–water partition coefficient (Wildman–Crippen LogP) is 1.14. The molecule has 1 N–H and O–H groups in total. The summed E-state index contributed by atoms with van der Waals surface area (Å²) in [5, 5.41) is 10.6. The van der Waals surface area contributed by atoms with Gasteiger partial charge < -0.3 is 14.9 Å². The zero-order valence-electron chi connectivity index (χ0n) is 21.2. The first kappa shape index (κ1) is 27.0. The SMILES string of the molecule is CCN1CCn2c(nc(C(=O)CCc3ccc(F)c(C)c3)c(O)c2=O)C(N(C)C(=O)C(=O)N(C)C)C1. The fourth-order valence-electron chi connectivity index (χ4n) is 4.19. The molecule has 0 saturated carbocycles. The third kappa shape index (κ3) is 5.46. The van der Waals surface area contributed by atoms with Crippen molar-refractivity contribution < 1.29 is 23.9 Å². The highest BCUT2D eigenvalue weighted by atomic mass is 19.1. The molecule has 10 nitrogen and oxygen atoms in total. The Labute approximate surface area is 208 Å². The molecule has 0 aliphatic carbocycles. The molecular weight excluding hydrogens is 469 g/mol. The monoisotopic (exact) mass is 501 g/mol. The first-order valence-corrected chi connectivity index (χ1v) is 11.8. The fraction of sp³-hybridized carbons (Fsp3) is 0.480. The topological polar surface area (TPSA) is 116 Å². The number of Topliss-reactive ketones (excluding diaryl/α,β-unsaturated/α-hetero) is 1. The molecule has 2 aromatic rings. The molecule has 1 aromatic carbocycles. The van der Waals surface area contributed by atoms with Gasteiger partial charge in [-0.1, -0.05) is 19.1 Å². The molecule has 0 radical (unpaired) electrons. The van der Waals surface area contributed by atoms with Crippen molar-refractivity contribution in [3.05, 3.63) is 57.0 Å². The van der Waals surface area contributed by atoms with Crippen LogP contribution in [-0.4, -0.2) is 87.7 Å². The van der Waals surface area contributed by atoms with Crippen LogP contribution >= 0.6 is 0 Å². The van der Waals surface area contributed by atoms with E-state index in [1.807, 2.05) is 11.8 Å². The van der Waals surface area contributed by atoms with E-state index in [4.69, 9.17) is 0 Å². The van der Waals surface area contributed by atoms with Gasteiger partial charge in [-0.15, -0.1) is 0 Å². The van der Waals surface area contributed by atoms with E-state index in [-0.39, 0.29) is 36.7 Å². The summed E-state index contributed by atoms with van der Waals surface area (Å²) in [5.41, 5.74) is 0.0354. The number of aromatic nitrogens is 2. The molecular formula is C25H32FN5O5. The number of nitrogens with zero attached hydrogens (tertiary/aromatic N) is 5. The molecule has 0 spiro atoms. The summed E-state index contributed by atoms with van der Waals surface area (Å²) in [5.74, 6) is -3.02. The highest BCUT2D eigenvalue weighted by Crippen LogP contribution is 2.25. The average molecular weight is 502 g/mol. The molecule has 36 heavy (non-hydrogen) atoms. The number of aryl methyl sites for hydroxylation is 2. The third-order valence-corrected chi connectivity index (χ3v) is 6.50. The molecule has 0 saturated heterocycles. The van der Waals surface area contributed by atoms with E-state index >= 15 is 0 Å². The van der Waals surface area contributed by atoms with E-state index in [0.717, 1.165) is 10.5 Å². The van der Waals surface area contributed by atoms with Crippen molar-refractivity contribution in [3.63, 3.8) is 0 Å². The number of hydrogen-bond donors (Lipinski definition) is 1. The second kappa shape index (κ2) is 11.0. The number of ketones is 1. The van der Waals surface area contributed by atoms with E-state index in [9.17, 15) is 28.7 Å². The van der Waals surface area contributed by atoms with Crippen molar-refractivity contribution in [3.8, 4) is 5.75 Å². The van der Waals surface area contributed by atoms with Gasteiger partial charge in [-0.3, -0.25) is 28.6 Å². The van der Waals surface area contributed by atoms with Gasteiger partial charge in [0.2, 0.25) is 5.75 Å². The first-order chi connectivity index (χ1) is 17.0. The Hall–Kier alpha value is -3.60. The lowest BCUT2D eigenvalue weighted by Gasteiger charge is -2.30. The summed E-state index contributed by atoms with van der Waals surface area (Å²) in [6.45, 7) is 5.13. The molecule has 1 aliphatic rings. The van der Waals surface area contributed by atoms with Crippen LogP contribution < -0.4 is 5.56 Å². The van der Waals surface area contributed by atoms with Gasteiger partial charge in [-0.05, 0) is 37.1 Å². The molecule has 0 bridgehead atoms. The maximum absolute atomic E-state index is 13.6. The van der Waals surface area contributed by atoms with Crippen LogP contribution in [0.5, 0.6) is 5.75 Å². The van der Waals surface area contributed by atoms with Gasteiger partial charge in [0.05, 0.1) is 0 Å². The maximum atomic E-state index is 13.6. The van der Waals surface area contributed by atoms with Crippen molar-refractivity contribution in [2.75, 3.05) is 40.8 Å². The van der Waals surface area contributed by atoms with E-state index in [0.29, 0.717) is 25.2 Å². The van der Waals surface area contributed by atoms with Gasteiger partial charge in [0, 0.05) is 47.2 Å². The normalized spacial score (nSPS) is 15.7. The molecule has 1 atom stereocenters. The Morgan fingerprint density at radius 3 is 2.47 bits per heavy atom. The van der Waals surface area contributed by atoms with E-state index in [1.165, 1.54) is 36.7 Å². The maximum Gasteiger partial charge on any atom is 0.312 e. The lowest BCUT2D eigenvalue weighted by Crippen LogP contribution is -2.46. The minimum Gasteiger partial charge on any atom is -0.501 e. The second-order valence-corrected chi connectivity index (χ2v) is 9.16. The fourth-order valence-corrected chi connectivity index (χ4v) is 4.19. The summed E-state index contributed by atoms with van der Waals surface area (Å²) in [4.78, 5) is 60.1. The lowest BCUT2D eigenvalue weighted by atomic mass is 10.0. The highest BCUT2D eigenvalue weighted by molar-refractivity contribution is 6.34. The number of rotatable bonds is 6. The minimum absolute atomic E-state index is 0.0613. The quantitative estimate of drug-likeness (QED) is 0.466. The van der Waals surface area contributed by atoms with E-state index < -0.39 is 34.9 Å². The number of aromatic hydroxyl groups is 1. The number of carbonyl (C=O) groups is 3. The van der Waals surface area contributed by atoms with Crippen LogP contribution in [0.1, 0.15) is 46.8 Å². The van der Waals surface area contributed by atoms with Gasteiger partial charge in [-0.2, -0.15) is 0 Å². The summed E-state index contributed by atoms with van der Waals surface area (Å²) < 4.78 is 14.8. The van der Waals surface area contributed by atoms with Gasteiger partial charge in [-0.25, -0.2) is 9.37 Å². The Bertz CT molecular complexity index is 1240. The van der Waals surface area contributed by atoms with Crippen molar-refractivity contribution in [2.24, 2.45) is 0 Å². The smallest absolute Gasteiger partial charge is 0.312 e. The molecule has 1 aromatic heterocycles. The van der Waals surface area contributed by atoms with Crippen LogP contribution in [-0.2, 0) is 22.6 Å². The highest BCUT2D eigenvalue weighted by Gasteiger charge is 2.35. The summed E-state index contributed by atoms with van der Waals surface area (Å²) in [6, 6.07) is 3.74. The molecule has 1 unspecified atom stereocenters. The molecule has 1 aliphatic heterocycles. The van der Waals surface area contributed by atoms with Crippen LogP contribution in [0.3, 0.4) is 0 Å². The van der Waals surface area contributed by atoms with Crippen LogP contribution in [0.25, 0.3) is 0 Å². The second-order valence-electron chi connectivity index (χ2n) is 9.16. The zero-order chi connectivity index (χ0) is 26.7. The van der Waals surface area contributed by atoms with E-state index in [1.54, 1.807) is 19.1 Å². The Morgan fingerprint density at radius 1 is 1.17 bits per heavy atom.